The predicted octanol–water partition coefficient (Wildman–Crippen LogP) is 2.71. The molecule has 0 unspecified atom stereocenters. The standard InChI is InChI=1S/C16H11Cl2N3O3/c17-11-3-6-14(18)13(7-11)16(23)21-20-15(22)9-24-12-4-1-10(8-19)2-5-12/h1-7H,9H2,(H,20,22)(H,21,23). The van der Waals surface area contributed by atoms with Crippen LogP contribution in [0.15, 0.2) is 42.5 Å². The molecule has 0 bridgehead atoms. The fraction of sp³-hybridized carbons (Fsp3) is 0.0625. The van der Waals surface area contributed by atoms with Crippen molar-refractivity contribution in [3.8, 4) is 11.8 Å². The maximum Gasteiger partial charge on any atom is 0.276 e. The Labute approximate surface area is 147 Å². The Kier molecular flexibility index (Phi) is 6.01. The number of ether oxygens (including phenoxy) is 1. The number of rotatable bonds is 4. The van der Waals surface area contributed by atoms with E-state index in [1.807, 2.05) is 6.07 Å². The molecule has 2 aromatic rings. The van der Waals surface area contributed by atoms with Crippen LogP contribution in [0.4, 0.5) is 0 Å². The summed E-state index contributed by atoms with van der Waals surface area (Å²) in [6, 6.07) is 12.7. The molecule has 0 heterocycles. The number of amides is 2. The van der Waals surface area contributed by atoms with Crippen LogP contribution in [0.3, 0.4) is 0 Å². The van der Waals surface area contributed by atoms with E-state index in [1.54, 1.807) is 30.3 Å². The average molecular weight is 364 g/mol. The fourth-order valence-electron chi connectivity index (χ4n) is 1.68. The van der Waals surface area contributed by atoms with E-state index in [0.717, 1.165) is 0 Å². The summed E-state index contributed by atoms with van der Waals surface area (Å²) in [5.74, 6) is -0.742. The van der Waals surface area contributed by atoms with E-state index in [-0.39, 0.29) is 17.2 Å². The second-order valence-electron chi connectivity index (χ2n) is 4.55. The molecule has 0 spiro atoms. The SMILES string of the molecule is N#Cc1ccc(OCC(=O)NNC(=O)c2cc(Cl)ccc2Cl)cc1. The number of carbonyl (C=O) groups is 2. The van der Waals surface area contributed by atoms with Crippen LogP contribution < -0.4 is 15.6 Å². The summed E-state index contributed by atoms with van der Waals surface area (Å²) < 4.78 is 5.23. The molecule has 6 nitrogen and oxygen atoms in total. The second-order valence-corrected chi connectivity index (χ2v) is 5.39. The molecule has 0 saturated carbocycles. The molecule has 0 atom stereocenters. The zero-order valence-electron chi connectivity index (χ0n) is 12.2. The molecular weight excluding hydrogens is 353 g/mol. The Morgan fingerprint density at radius 2 is 1.79 bits per heavy atom. The summed E-state index contributed by atoms with van der Waals surface area (Å²) in [4.78, 5) is 23.6. The first-order valence-corrected chi connectivity index (χ1v) is 7.42. The number of hydrazine groups is 1. The highest BCUT2D eigenvalue weighted by molar-refractivity contribution is 6.35. The van der Waals surface area contributed by atoms with E-state index in [0.29, 0.717) is 16.3 Å². The van der Waals surface area contributed by atoms with Gasteiger partial charge in [0.1, 0.15) is 5.75 Å². The third-order valence-electron chi connectivity index (χ3n) is 2.84. The van der Waals surface area contributed by atoms with Crippen molar-refractivity contribution in [2.24, 2.45) is 0 Å². The Morgan fingerprint density at radius 3 is 2.46 bits per heavy atom. The van der Waals surface area contributed by atoms with Gasteiger partial charge in [0.2, 0.25) is 0 Å². The van der Waals surface area contributed by atoms with E-state index in [2.05, 4.69) is 10.9 Å². The second kappa shape index (κ2) is 8.20. The number of hydrogen-bond acceptors (Lipinski definition) is 4. The van der Waals surface area contributed by atoms with Crippen LogP contribution in [0.1, 0.15) is 15.9 Å². The van der Waals surface area contributed by atoms with Crippen molar-refractivity contribution in [1.29, 1.82) is 5.26 Å². The minimum Gasteiger partial charge on any atom is -0.484 e. The largest absolute Gasteiger partial charge is 0.484 e. The minimum atomic E-state index is -0.603. The number of nitrogens with one attached hydrogen (secondary N) is 2. The van der Waals surface area contributed by atoms with Crippen molar-refractivity contribution in [3.63, 3.8) is 0 Å². The van der Waals surface area contributed by atoms with Gasteiger partial charge in [-0.05, 0) is 42.5 Å². The quantitative estimate of drug-likeness (QED) is 0.816. The van der Waals surface area contributed by atoms with Gasteiger partial charge >= 0.3 is 0 Å². The highest BCUT2D eigenvalue weighted by Crippen LogP contribution is 2.20. The van der Waals surface area contributed by atoms with E-state index in [9.17, 15) is 9.59 Å². The summed E-state index contributed by atoms with van der Waals surface area (Å²) in [6.45, 7) is -0.310. The van der Waals surface area contributed by atoms with Crippen LogP contribution in [-0.4, -0.2) is 18.4 Å². The highest BCUT2D eigenvalue weighted by atomic mass is 35.5. The Morgan fingerprint density at radius 1 is 1.08 bits per heavy atom. The van der Waals surface area contributed by atoms with Gasteiger partial charge in [0.25, 0.3) is 11.8 Å². The van der Waals surface area contributed by atoms with Crippen LogP contribution in [-0.2, 0) is 4.79 Å². The number of benzene rings is 2. The van der Waals surface area contributed by atoms with Gasteiger partial charge in [0, 0.05) is 5.02 Å². The van der Waals surface area contributed by atoms with Gasteiger partial charge in [0.15, 0.2) is 6.61 Å². The van der Waals surface area contributed by atoms with Gasteiger partial charge in [-0.15, -0.1) is 0 Å². The molecule has 24 heavy (non-hydrogen) atoms. The van der Waals surface area contributed by atoms with Crippen LogP contribution >= 0.6 is 23.2 Å². The molecule has 0 aliphatic rings. The Balaban J connectivity index is 1.83. The number of halogens is 2. The van der Waals surface area contributed by atoms with Gasteiger partial charge in [-0.1, -0.05) is 23.2 Å². The molecule has 0 aliphatic carbocycles. The molecule has 0 saturated heterocycles. The Hall–Kier alpha value is -2.75. The zero-order chi connectivity index (χ0) is 17.5. The lowest BCUT2D eigenvalue weighted by Crippen LogP contribution is -2.43. The lowest BCUT2D eigenvalue weighted by Gasteiger charge is -2.10. The third kappa shape index (κ3) is 4.88. The minimum absolute atomic E-state index is 0.137. The van der Waals surface area contributed by atoms with Gasteiger partial charge in [0.05, 0.1) is 22.2 Å². The van der Waals surface area contributed by atoms with E-state index >= 15 is 0 Å². The first-order valence-electron chi connectivity index (χ1n) is 6.67. The summed E-state index contributed by atoms with van der Waals surface area (Å²) in [6.07, 6.45) is 0. The first-order chi connectivity index (χ1) is 11.5. The molecule has 122 valence electrons. The molecule has 2 N–H and O–H groups in total. The van der Waals surface area contributed by atoms with E-state index in [4.69, 9.17) is 33.2 Å². The first kappa shape index (κ1) is 17.6. The van der Waals surface area contributed by atoms with Crippen LogP contribution in [0.25, 0.3) is 0 Å². The summed E-state index contributed by atoms with van der Waals surface area (Å²) >= 11 is 11.7. The van der Waals surface area contributed by atoms with E-state index in [1.165, 1.54) is 12.1 Å². The Bertz CT molecular complexity index is 801. The number of carbonyl (C=O) groups excluding carboxylic acids is 2. The normalized spacial score (nSPS) is 9.71. The monoisotopic (exact) mass is 363 g/mol. The predicted molar refractivity (Wildman–Crippen MR) is 88.7 cm³/mol. The van der Waals surface area contributed by atoms with Crippen molar-refractivity contribution in [3.05, 3.63) is 63.6 Å². The summed E-state index contributed by atoms with van der Waals surface area (Å²) in [5.41, 5.74) is 5.04. The van der Waals surface area contributed by atoms with Crippen LogP contribution in [0.5, 0.6) is 5.75 Å². The maximum atomic E-state index is 11.9. The molecule has 0 aromatic heterocycles. The zero-order valence-corrected chi connectivity index (χ0v) is 13.7. The average Bonchev–Trinajstić information content (AvgIpc) is 2.60. The molecule has 8 heteroatoms. The number of nitriles is 1. The van der Waals surface area contributed by atoms with Crippen molar-refractivity contribution in [1.82, 2.24) is 10.9 Å². The van der Waals surface area contributed by atoms with Crippen molar-refractivity contribution >= 4 is 35.0 Å². The molecule has 2 aromatic carbocycles. The molecule has 0 radical (unpaired) electrons. The highest BCUT2D eigenvalue weighted by Gasteiger charge is 2.12. The fourth-order valence-corrected chi connectivity index (χ4v) is 2.05. The summed E-state index contributed by atoms with van der Waals surface area (Å²) in [7, 11) is 0. The van der Waals surface area contributed by atoms with Crippen molar-refractivity contribution in [2.45, 2.75) is 0 Å². The van der Waals surface area contributed by atoms with Crippen molar-refractivity contribution < 1.29 is 14.3 Å². The van der Waals surface area contributed by atoms with Gasteiger partial charge < -0.3 is 4.74 Å². The van der Waals surface area contributed by atoms with Crippen LogP contribution in [0, 0.1) is 11.3 Å². The lowest BCUT2D eigenvalue weighted by molar-refractivity contribution is -0.123. The van der Waals surface area contributed by atoms with Gasteiger partial charge in [-0.2, -0.15) is 5.26 Å². The number of nitrogens with zero attached hydrogens (tertiary/aromatic N) is 1. The molecule has 2 rings (SSSR count). The van der Waals surface area contributed by atoms with Gasteiger partial charge in [-0.25, -0.2) is 0 Å². The smallest absolute Gasteiger partial charge is 0.276 e. The van der Waals surface area contributed by atoms with Crippen LogP contribution in [0.2, 0.25) is 10.0 Å². The van der Waals surface area contributed by atoms with Gasteiger partial charge in [-0.3, -0.25) is 20.4 Å². The van der Waals surface area contributed by atoms with Crippen molar-refractivity contribution in [2.75, 3.05) is 6.61 Å². The molecule has 0 aliphatic heterocycles. The summed E-state index contributed by atoms with van der Waals surface area (Å²) in [5, 5.41) is 9.24. The topological polar surface area (TPSA) is 91.2 Å². The molecule has 0 fully saturated rings. The lowest BCUT2D eigenvalue weighted by atomic mass is 10.2. The molecular formula is C16H11Cl2N3O3. The molecule has 2 amide bonds. The number of hydrogen-bond donors (Lipinski definition) is 2. The third-order valence-corrected chi connectivity index (χ3v) is 3.41. The van der Waals surface area contributed by atoms with E-state index < -0.39 is 11.8 Å². The maximum absolute atomic E-state index is 11.9.